The average molecular weight is 371 g/mol. The van der Waals surface area contributed by atoms with Crippen LogP contribution in [-0.4, -0.2) is 67.6 Å². The normalized spacial score (nSPS) is 27.1. The van der Waals surface area contributed by atoms with E-state index in [0.717, 1.165) is 58.5 Å². The standard InChI is InChI=1S/C22H34N4O/c1-25-17-22(9-11-23-12-10-22)15-20(25)21(27)24-19-7-13-26(14-8-19)16-18-5-3-2-4-6-18/h2-6,19-20,23H,7-17H2,1H3,(H,24,27)/t20-/m0/s1. The van der Waals surface area contributed by atoms with Gasteiger partial charge in [0.1, 0.15) is 0 Å². The van der Waals surface area contributed by atoms with Crippen molar-refractivity contribution < 1.29 is 4.79 Å². The summed E-state index contributed by atoms with van der Waals surface area (Å²) >= 11 is 0. The topological polar surface area (TPSA) is 47.6 Å². The van der Waals surface area contributed by atoms with E-state index in [1.807, 2.05) is 0 Å². The van der Waals surface area contributed by atoms with Gasteiger partial charge >= 0.3 is 0 Å². The quantitative estimate of drug-likeness (QED) is 0.849. The maximum Gasteiger partial charge on any atom is 0.237 e. The zero-order chi connectivity index (χ0) is 18.7. The summed E-state index contributed by atoms with van der Waals surface area (Å²) in [6, 6.07) is 11.1. The Morgan fingerprint density at radius 2 is 1.89 bits per heavy atom. The van der Waals surface area contributed by atoms with Crippen molar-refractivity contribution in [3.63, 3.8) is 0 Å². The number of rotatable bonds is 4. The van der Waals surface area contributed by atoms with Crippen molar-refractivity contribution in [2.75, 3.05) is 39.8 Å². The van der Waals surface area contributed by atoms with Gasteiger partial charge in [0.2, 0.25) is 5.91 Å². The maximum atomic E-state index is 12.9. The van der Waals surface area contributed by atoms with Gasteiger partial charge in [0.25, 0.3) is 0 Å². The lowest BCUT2D eigenvalue weighted by Gasteiger charge is -2.34. The first-order chi connectivity index (χ1) is 13.1. The Labute approximate surface area is 163 Å². The highest BCUT2D eigenvalue weighted by atomic mass is 16.2. The third kappa shape index (κ3) is 4.53. The average Bonchev–Trinajstić information content (AvgIpc) is 3.00. The van der Waals surface area contributed by atoms with Crippen molar-refractivity contribution in [1.82, 2.24) is 20.4 Å². The SMILES string of the molecule is CN1CC2(CCNCC2)C[C@H]1C(=O)NC1CCN(Cc2ccccc2)CC1. The van der Waals surface area contributed by atoms with Gasteiger partial charge in [-0.1, -0.05) is 30.3 Å². The number of amides is 1. The highest BCUT2D eigenvalue weighted by Gasteiger charge is 2.45. The molecule has 1 aromatic carbocycles. The Balaban J connectivity index is 1.25. The summed E-state index contributed by atoms with van der Waals surface area (Å²) in [6.45, 7) is 6.42. The summed E-state index contributed by atoms with van der Waals surface area (Å²) < 4.78 is 0. The van der Waals surface area contributed by atoms with E-state index in [4.69, 9.17) is 0 Å². The molecular formula is C22H34N4O. The number of piperidine rings is 2. The molecule has 0 unspecified atom stereocenters. The number of hydrogen-bond donors (Lipinski definition) is 2. The molecule has 27 heavy (non-hydrogen) atoms. The molecule has 1 spiro atoms. The predicted octanol–water partition coefficient (Wildman–Crippen LogP) is 1.84. The van der Waals surface area contributed by atoms with Crippen molar-refractivity contribution in [3.8, 4) is 0 Å². The maximum absolute atomic E-state index is 12.9. The summed E-state index contributed by atoms with van der Waals surface area (Å²) in [5.41, 5.74) is 1.74. The molecule has 0 aliphatic carbocycles. The van der Waals surface area contributed by atoms with Crippen LogP contribution in [0.2, 0.25) is 0 Å². The Morgan fingerprint density at radius 3 is 2.59 bits per heavy atom. The van der Waals surface area contributed by atoms with Crippen LogP contribution in [0.1, 0.15) is 37.7 Å². The number of hydrogen-bond acceptors (Lipinski definition) is 4. The van der Waals surface area contributed by atoms with E-state index in [1.54, 1.807) is 0 Å². The summed E-state index contributed by atoms with van der Waals surface area (Å²) in [5.74, 6) is 0.259. The summed E-state index contributed by atoms with van der Waals surface area (Å²) in [4.78, 5) is 17.7. The number of likely N-dealkylation sites (N-methyl/N-ethyl adjacent to an activating group) is 1. The lowest BCUT2D eigenvalue weighted by molar-refractivity contribution is -0.126. The van der Waals surface area contributed by atoms with Crippen LogP contribution in [0.5, 0.6) is 0 Å². The van der Waals surface area contributed by atoms with Gasteiger partial charge in [-0.05, 0) is 63.2 Å². The summed E-state index contributed by atoms with van der Waals surface area (Å²) in [5, 5.41) is 6.83. The Hall–Kier alpha value is -1.43. The minimum absolute atomic E-state index is 0.0606. The molecule has 2 N–H and O–H groups in total. The van der Waals surface area contributed by atoms with E-state index in [2.05, 4.69) is 57.8 Å². The van der Waals surface area contributed by atoms with Crippen LogP contribution in [0.25, 0.3) is 0 Å². The number of carbonyl (C=O) groups excluding carboxylic acids is 1. The first kappa shape index (κ1) is 18.9. The number of nitrogens with zero attached hydrogens (tertiary/aromatic N) is 2. The van der Waals surface area contributed by atoms with Crippen molar-refractivity contribution in [2.45, 2.75) is 50.7 Å². The predicted molar refractivity (Wildman–Crippen MR) is 108 cm³/mol. The molecular weight excluding hydrogens is 336 g/mol. The zero-order valence-electron chi connectivity index (χ0n) is 16.6. The molecule has 148 valence electrons. The van der Waals surface area contributed by atoms with Crippen LogP contribution >= 0.6 is 0 Å². The molecule has 0 aromatic heterocycles. The Morgan fingerprint density at radius 1 is 1.19 bits per heavy atom. The molecule has 1 atom stereocenters. The van der Waals surface area contributed by atoms with E-state index in [0.29, 0.717) is 11.5 Å². The molecule has 0 bridgehead atoms. The molecule has 3 fully saturated rings. The van der Waals surface area contributed by atoms with E-state index < -0.39 is 0 Å². The molecule has 3 aliphatic heterocycles. The molecule has 3 aliphatic rings. The van der Waals surface area contributed by atoms with Gasteiger partial charge in [0.05, 0.1) is 6.04 Å². The highest BCUT2D eigenvalue weighted by Crippen LogP contribution is 2.41. The van der Waals surface area contributed by atoms with Gasteiger partial charge in [0.15, 0.2) is 0 Å². The van der Waals surface area contributed by atoms with Gasteiger partial charge in [0, 0.05) is 32.2 Å². The lowest BCUT2D eigenvalue weighted by Crippen LogP contribution is -2.49. The fourth-order valence-corrected chi connectivity index (χ4v) is 5.26. The minimum atomic E-state index is 0.0606. The van der Waals surface area contributed by atoms with Gasteiger partial charge in [-0.25, -0.2) is 0 Å². The highest BCUT2D eigenvalue weighted by molar-refractivity contribution is 5.82. The van der Waals surface area contributed by atoms with E-state index in [1.165, 1.54) is 18.4 Å². The van der Waals surface area contributed by atoms with Gasteiger partial charge in [-0.15, -0.1) is 0 Å². The molecule has 3 heterocycles. The van der Waals surface area contributed by atoms with E-state index in [9.17, 15) is 4.79 Å². The zero-order valence-corrected chi connectivity index (χ0v) is 16.6. The second kappa shape index (κ2) is 8.29. The van der Waals surface area contributed by atoms with Gasteiger partial charge in [-0.2, -0.15) is 0 Å². The fourth-order valence-electron chi connectivity index (χ4n) is 5.26. The monoisotopic (exact) mass is 370 g/mol. The fraction of sp³-hybridized carbons (Fsp3) is 0.682. The third-order valence-electron chi connectivity index (χ3n) is 6.89. The largest absolute Gasteiger partial charge is 0.352 e. The lowest BCUT2D eigenvalue weighted by atomic mass is 9.77. The number of benzene rings is 1. The molecule has 5 heteroatoms. The third-order valence-corrected chi connectivity index (χ3v) is 6.89. The van der Waals surface area contributed by atoms with Crippen molar-refractivity contribution in [2.24, 2.45) is 5.41 Å². The molecule has 1 aromatic rings. The number of nitrogens with one attached hydrogen (secondary N) is 2. The minimum Gasteiger partial charge on any atom is -0.352 e. The number of carbonyl (C=O) groups is 1. The summed E-state index contributed by atoms with van der Waals surface area (Å²) in [6.07, 6.45) is 5.57. The second-order valence-electron chi connectivity index (χ2n) is 8.93. The molecule has 1 amide bonds. The molecule has 0 radical (unpaired) electrons. The van der Waals surface area contributed by atoms with E-state index >= 15 is 0 Å². The van der Waals surface area contributed by atoms with Crippen LogP contribution in [0, 0.1) is 5.41 Å². The van der Waals surface area contributed by atoms with Crippen LogP contribution in [-0.2, 0) is 11.3 Å². The molecule has 0 saturated carbocycles. The Kier molecular flexibility index (Phi) is 5.81. The first-order valence-electron chi connectivity index (χ1n) is 10.6. The summed E-state index contributed by atoms with van der Waals surface area (Å²) in [7, 11) is 2.13. The van der Waals surface area contributed by atoms with Gasteiger partial charge < -0.3 is 10.6 Å². The van der Waals surface area contributed by atoms with Crippen LogP contribution < -0.4 is 10.6 Å². The van der Waals surface area contributed by atoms with Crippen molar-refractivity contribution in [3.05, 3.63) is 35.9 Å². The molecule has 4 rings (SSSR count). The number of likely N-dealkylation sites (tertiary alicyclic amines) is 2. The van der Waals surface area contributed by atoms with Crippen molar-refractivity contribution in [1.29, 1.82) is 0 Å². The van der Waals surface area contributed by atoms with Crippen LogP contribution in [0.15, 0.2) is 30.3 Å². The second-order valence-corrected chi connectivity index (χ2v) is 8.93. The van der Waals surface area contributed by atoms with Crippen LogP contribution in [0.4, 0.5) is 0 Å². The molecule has 5 nitrogen and oxygen atoms in total. The van der Waals surface area contributed by atoms with Crippen LogP contribution in [0.3, 0.4) is 0 Å². The smallest absolute Gasteiger partial charge is 0.237 e. The van der Waals surface area contributed by atoms with Gasteiger partial charge in [-0.3, -0.25) is 14.6 Å². The van der Waals surface area contributed by atoms with Crippen molar-refractivity contribution >= 4 is 5.91 Å². The Bertz CT molecular complexity index is 620. The first-order valence-corrected chi connectivity index (χ1v) is 10.6. The van der Waals surface area contributed by atoms with E-state index in [-0.39, 0.29) is 11.9 Å². The molecule has 3 saturated heterocycles.